The molecule has 0 unspecified atom stereocenters. The summed E-state index contributed by atoms with van der Waals surface area (Å²) in [5, 5.41) is 5.58. The summed E-state index contributed by atoms with van der Waals surface area (Å²) < 4.78 is 40.2. The van der Waals surface area contributed by atoms with Crippen LogP contribution < -0.4 is 15.4 Å². The summed E-state index contributed by atoms with van der Waals surface area (Å²) in [6.07, 6.45) is -2.85. The Morgan fingerprint density at radius 1 is 1.40 bits per heavy atom. The lowest BCUT2D eigenvalue weighted by atomic mass is 10.3. The van der Waals surface area contributed by atoms with Crippen molar-refractivity contribution < 1.29 is 22.7 Å². The quantitative estimate of drug-likeness (QED) is 0.754. The Kier molecular flexibility index (Phi) is 6.23. The SMILES string of the molecule is CCNCCC(=O)Nc1ccc(OCC(F)(F)F)nc1. The van der Waals surface area contributed by atoms with Gasteiger partial charge in [-0.3, -0.25) is 4.79 Å². The van der Waals surface area contributed by atoms with Crippen LogP contribution in [0.1, 0.15) is 13.3 Å². The first kappa shape index (κ1) is 16.2. The summed E-state index contributed by atoms with van der Waals surface area (Å²) in [4.78, 5) is 15.1. The lowest BCUT2D eigenvalue weighted by Crippen LogP contribution is -2.21. The van der Waals surface area contributed by atoms with Crippen molar-refractivity contribution >= 4 is 11.6 Å². The normalized spacial score (nSPS) is 11.2. The summed E-state index contributed by atoms with van der Waals surface area (Å²) in [6.45, 7) is 1.87. The zero-order valence-corrected chi connectivity index (χ0v) is 11.0. The molecular weight excluding hydrogens is 275 g/mol. The molecule has 0 atom stereocenters. The Hall–Kier alpha value is -1.83. The van der Waals surface area contributed by atoms with E-state index in [1.54, 1.807) is 0 Å². The molecule has 0 fully saturated rings. The molecule has 0 aliphatic carbocycles. The van der Waals surface area contributed by atoms with Gasteiger partial charge in [-0.15, -0.1) is 0 Å². The van der Waals surface area contributed by atoms with Crippen molar-refractivity contribution in [2.24, 2.45) is 0 Å². The van der Waals surface area contributed by atoms with Crippen molar-refractivity contribution in [1.29, 1.82) is 0 Å². The van der Waals surface area contributed by atoms with Crippen molar-refractivity contribution in [2.75, 3.05) is 25.0 Å². The van der Waals surface area contributed by atoms with Gasteiger partial charge in [0, 0.05) is 19.0 Å². The fourth-order valence-corrected chi connectivity index (χ4v) is 1.30. The maximum absolute atomic E-state index is 11.9. The summed E-state index contributed by atoms with van der Waals surface area (Å²) >= 11 is 0. The third-order valence-electron chi connectivity index (χ3n) is 2.18. The van der Waals surface area contributed by atoms with Gasteiger partial charge in [0.25, 0.3) is 0 Å². The van der Waals surface area contributed by atoms with Gasteiger partial charge in [-0.05, 0) is 12.6 Å². The van der Waals surface area contributed by atoms with E-state index in [1.807, 2.05) is 6.92 Å². The van der Waals surface area contributed by atoms with Crippen molar-refractivity contribution in [3.05, 3.63) is 18.3 Å². The van der Waals surface area contributed by atoms with Gasteiger partial charge in [0.15, 0.2) is 6.61 Å². The van der Waals surface area contributed by atoms with E-state index < -0.39 is 12.8 Å². The van der Waals surface area contributed by atoms with E-state index in [0.717, 1.165) is 6.54 Å². The molecule has 0 aromatic carbocycles. The third kappa shape index (κ3) is 6.93. The van der Waals surface area contributed by atoms with Crippen LogP contribution in [0.2, 0.25) is 0 Å². The number of pyridine rings is 1. The molecule has 0 bridgehead atoms. The molecule has 0 aliphatic heterocycles. The molecule has 1 amide bonds. The first-order valence-corrected chi connectivity index (χ1v) is 6.07. The monoisotopic (exact) mass is 291 g/mol. The van der Waals surface area contributed by atoms with Crippen LogP contribution in [0.3, 0.4) is 0 Å². The fourth-order valence-electron chi connectivity index (χ4n) is 1.30. The van der Waals surface area contributed by atoms with E-state index in [0.29, 0.717) is 18.7 Å². The van der Waals surface area contributed by atoms with Crippen molar-refractivity contribution in [2.45, 2.75) is 19.5 Å². The van der Waals surface area contributed by atoms with Gasteiger partial charge in [0.2, 0.25) is 11.8 Å². The maximum atomic E-state index is 11.9. The zero-order valence-electron chi connectivity index (χ0n) is 11.0. The van der Waals surface area contributed by atoms with Crippen LogP contribution in [0, 0.1) is 0 Å². The molecule has 2 N–H and O–H groups in total. The van der Waals surface area contributed by atoms with Gasteiger partial charge in [-0.25, -0.2) is 4.98 Å². The van der Waals surface area contributed by atoms with Crippen LogP contribution in [0.4, 0.5) is 18.9 Å². The molecule has 1 aromatic heterocycles. The van der Waals surface area contributed by atoms with Gasteiger partial charge >= 0.3 is 6.18 Å². The molecule has 20 heavy (non-hydrogen) atoms. The highest BCUT2D eigenvalue weighted by atomic mass is 19.4. The number of carbonyl (C=O) groups is 1. The minimum atomic E-state index is -4.40. The second-order valence-electron chi connectivity index (χ2n) is 3.94. The molecule has 0 radical (unpaired) electrons. The second-order valence-corrected chi connectivity index (χ2v) is 3.94. The molecule has 1 aromatic rings. The van der Waals surface area contributed by atoms with Crippen LogP contribution in [-0.2, 0) is 4.79 Å². The molecule has 1 rings (SSSR count). The third-order valence-corrected chi connectivity index (χ3v) is 2.18. The number of hydrogen-bond donors (Lipinski definition) is 2. The topological polar surface area (TPSA) is 63.2 Å². The predicted molar refractivity (Wildman–Crippen MR) is 67.6 cm³/mol. The minimum Gasteiger partial charge on any atom is -0.468 e. The average molecular weight is 291 g/mol. The summed E-state index contributed by atoms with van der Waals surface area (Å²) in [7, 11) is 0. The lowest BCUT2D eigenvalue weighted by molar-refractivity contribution is -0.154. The molecule has 0 saturated carbocycles. The van der Waals surface area contributed by atoms with Crippen LogP contribution in [0.25, 0.3) is 0 Å². The van der Waals surface area contributed by atoms with E-state index >= 15 is 0 Å². The highest BCUT2D eigenvalue weighted by Crippen LogP contribution is 2.18. The molecule has 1 heterocycles. The summed E-state index contributed by atoms with van der Waals surface area (Å²) in [5.74, 6) is -0.343. The van der Waals surface area contributed by atoms with Crippen LogP contribution in [0.15, 0.2) is 18.3 Å². The largest absolute Gasteiger partial charge is 0.468 e. The number of rotatable bonds is 7. The van der Waals surface area contributed by atoms with E-state index in [9.17, 15) is 18.0 Å². The smallest absolute Gasteiger partial charge is 0.422 e. The van der Waals surface area contributed by atoms with Gasteiger partial charge in [0.1, 0.15) is 0 Å². The number of anilines is 1. The molecule has 0 spiro atoms. The van der Waals surface area contributed by atoms with Crippen LogP contribution >= 0.6 is 0 Å². The second kappa shape index (κ2) is 7.68. The number of halogens is 3. The number of ether oxygens (including phenoxy) is 1. The van der Waals surface area contributed by atoms with Crippen LogP contribution in [-0.4, -0.2) is 36.8 Å². The number of aromatic nitrogens is 1. The summed E-state index contributed by atoms with van der Waals surface area (Å²) in [5.41, 5.74) is 0.408. The number of alkyl halides is 3. The Morgan fingerprint density at radius 2 is 2.15 bits per heavy atom. The highest BCUT2D eigenvalue weighted by Gasteiger charge is 2.28. The van der Waals surface area contributed by atoms with Crippen molar-refractivity contribution in [3.8, 4) is 5.88 Å². The molecule has 112 valence electrons. The predicted octanol–water partition coefficient (Wildman–Crippen LogP) is 1.96. The number of hydrogen-bond acceptors (Lipinski definition) is 4. The lowest BCUT2D eigenvalue weighted by Gasteiger charge is -2.09. The van der Waals surface area contributed by atoms with Crippen LogP contribution in [0.5, 0.6) is 5.88 Å². The van der Waals surface area contributed by atoms with Gasteiger partial charge in [-0.1, -0.05) is 6.92 Å². The maximum Gasteiger partial charge on any atom is 0.422 e. The Morgan fingerprint density at radius 3 is 2.70 bits per heavy atom. The number of amides is 1. The molecule has 5 nitrogen and oxygen atoms in total. The minimum absolute atomic E-state index is 0.145. The Labute approximate surface area is 114 Å². The first-order chi connectivity index (χ1) is 9.40. The fraction of sp³-hybridized carbons (Fsp3) is 0.500. The zero-order chi connectivity index (χ0) is 15.0. The number of nitrogens with one attached hydrogen (secondary N) is 2. The molecule has 0 aliphatic rings. The molecule has 8 heteroatoms. The van der Waals surface area contributed by atoms with E-state index in [-0.39, 0.29) is 11.8 Å². The van der Waals surface area contributed by atoms with Gasteiger partial charge < -0.3 is 15.4 Å². The average Bonchev–Trinajstić information content (AvgIpc) is 2.37. The molecular formula is C12H16F3N3O2. The number of carbonyl (C=O) groups excluding carboxylic acids is 1. The standard InChI is InChI=1S/C12H16F3N3O2/c1-2-16-6-5-10(19)18-9-3-4-11(17-7-9)20-8-12(13,14)15/h3-4,7,16H,2,5-6,8H2,1H3,(H,18,19). The molecule has 0 saturated heterocycles. The van der Waals surface area contributed by atoms with Gasteiger partial charge in [0.05, 0.1) is 11.9 Å². The highest BCUT2D eigenvalue weighted by molar-refractivity contribution is 5.90. The summed E-state index contributed by atoms with van der Waals surface area (Å²) in [6, 6.07) is 2.70. The Balaban J connectivity index is 2.40. The van der Waals surface area contributed by atoms with E-state index in [4.69, 9.17) is 0 Å². The first-order valence-electron chi connectivity index (χ1n) is 6.07. The van der Waals surface area contributed by atoms with Crippen molar-refractivity contribution in [3.63, 3.8) is 0 Å². The number of nitrogens with zero attached hydrogens (tertiary/aromatic N) is 1. The van der Waals surface area contributed by atoms with Gasteiger partial charge in [-0.2, -0.15) is 13.2 Å². The Bertz CT molecular complexity index is 421. The van der Waals surface area contributed by atoms with Crippen molar-refractivity contribution in [1.82, 2.24) is 10.3 Å². The van der Waals surface area contributed by atoms with E-state index in [2.05, 4.69) is 20.4 Å². The van der Waals surface area contributed by atoms with E-state index in [1.165, 1.54) is 18.3 Å².